The Hall–Kier alpha value is 3.44. The Labute approximate surface area is 259 Å². The molecular formula is C28H40FeI4. The van der Waals surface area contributed by atoms with Crippen molar-refractivity contribution in [3.05, 3.63) is 0 Å². The molecule has 0 aromatic heterocycles. The molecule has 8 aliphatic rings. The summed E-state index contributed by atoms with van der Waals surface area (Å²) in [5.74, 6) is 4.41. The minimum atomic E-state index is -1.37. The van der Waals surface area contributed by atoms with Crippen LogP contribution in [0.3, 0.4) is 0 Å². The molecule has 8 fully saturated rings. The molecule has 0 radical (unpaired) electrons. The van der Waals surface area contributed by atoms with E-state index >= 15 is 0 Å². The number of alkyl halides is 4. The molecule has 0 saturated heterocycles. The summed E-state index contributed by atoms with van der Waals surface area (Å²) < 4.78 is 2.78. The van der Waals surface area contributed by atoms with Crippen LogP contribution in [0.4, 0.5) is 0 Å². The van der Waals surface area contributed by atoms with Crippen LogP contribution >= 0.6 is 90.4 Å². The van der Waals surface area contributed by atoms with E-state index in [9.17, 15) is 0 Å². The zero-order valence-corrected chi connectivity index (χ0v) is 29.5. The minimum absolute atomic E-state index is 0.695. The molecule has 8 saturated carbocycles. The monoisotopic (exact) mass is 940 g/mol. The van der Waals surface area contributed by atoms with Crippen LogP contribution < -0.4 is 0 Å². The molecular weight excluding hydrogens is 900 g/mol. The van der Waals surface area contributed by atoms with E-state index in [2.05, 4.69) is 90.4 Å². The average Bonchev–Trinajstić information content (AvgIpc) is 3.59. The Morgan fingerprint density at radius 1 is 0.424 bits per heavy atom. The zero-order valence-electron chi connectivity index (χ0n) is 19.8. The van der Waals surface area contributed by atoms with Gasteiger partial charge in [-0.15, -0.1) is 0 Å². The number of rotatable bonds is 4. The van der Waals surface area contributed by atoms with Gasteiger partial charge in [0.05, 0.1) is 0 Å². The summed E-state index contributed by atoms with van der Waals surface area (Å²) in [6.45, 7) is 0. The molecule has 0 spiro atoms. The van der Waals surface area contributed by atoms with Crippen LogP contribution in [-0.4, -0.2) is 13.7 Å². The Morgan fingerprint density at radius 2 is 0.667 bits per heavy atom. The van der Waals surface area contributed by atoms with Gasteiger partial charge >= 0.3 is 263 Å². The molecule has 0 N–H and O–H groups in total. The second-order valence-corrected chi connectivity index (χ2v) is 27.9. The van der Waals surface area contributed by atoms with Crippen LogP contribution in [0.25, 0.3) is 0 Å². The number of hydrogen-bond acceptors (Lipinski definition) is 0. The fraction of sp³-hybridized carbons (Fsp3) is 1.00. The predicted molar refractivity (Wildman–Crippen MR) is 170 cm³/mol. The number of fused-ring (bicyclic) bond motifs is 8. The van der Waals surface area contributed by atoms with E-state index in [4.69, 9.17) is 0 Å². The van der Waals surface area contributed by atoms with Gasteiger partial charge in [-0.25, -0.2) is 0 Å². The summed E-state index contributed by atoms with van der Waals surface area (Å²) >= 11 is 11.2. The molecule has 12 atom stereocenters. The average molecular weight is 940 g/mol. The SMILES string of the molecule is IC12CCC(C[CH]1[Fe]([CH]1CC3CCC1(I)C3)([CH]1CC3CCC1(I)C3)[CH]1CC3CCC1(I)C3)C2. The Bertz CT molecular complexity index is 738. The topological polar surface area (TPSA) is 0 Å². The fourth-order valence-corrected chi connectivity index (χ4v) is 33.9. The van der Waals surface area contributed by atoms with Gasteiger partial charge in [-0.05, 0) is 0 Å². The van der Waals surface area contributed by atoms with Gasteiger partial charge in [-0.2, -0.15) is 0 Å². The van der Waals surface area contributed by atoms with Crippen molar-refractivity contribution in [1.29, 1.82) is 0 Å². The van der Waals surface area contributed by atoms with Gasteiger partial charge in [0.1, 0.15) is 0 Å². The van der Waals surface area contributed by atoms with Gasteiger partial charge in [-0.1, -0.05) is 0 Å². The van der Waals surface area contributed by atoms with Crippen LogP contribution in [0, 0.1) is 23.7 Å². The molecule has 5 heteroatoms. The fourth-order valence-electron chi connectivity index (χ4n) is 11.3. The van der Waals surface area contributed by atoms with E-state index in [0.717, 1.165) is 42.9 Å². The van der Waals surface area contributed by atoms with Gasteiger partial charge < -0.3 is 0 Å². The molecule has 33 heavy (non-hydrogen) atoms. The molecule has 0 aliphatic heterocycles. The van der Waals surface area contributed by atoms with Crippen molar-refractivity contribution in [1.82, 2.24) is 0 Å². The van der Waals surface area contributed by atoms with E-state index < -0.39 is 12.8 Å². The summed E-state index contributed by atoms with van der Waals surface area (Å²) in [7, 11) is 0. The Balaban J connectivity index is 1.37. The summed E-state index contributed by atoms with van der Waals surface area (Å²) in [6.07, 6.45) is 25.9. The molecule has 8 bridgehead atoms. The van der Waals surface area contributed by atoms with Crippen molar-refractivity contribution in [2.75, 3.05) is 0 Å². The van der Waals surface area contributed by atoms with Gasteiger partial charge in [0, 0.05) is 0 Å². The first-order valence-electron chi connectivity index (χ1n) is 14.1. The van der Waals surface area contributed by atoms with E-state index in [1.54, 1.807) is 103 Å². The maximum absolute atomic E-state index is 3.15. The third-order valence-corrected chi connectivity index (χ3v) is 30.4. The summed E-state index contributed by atoms with van der Waals surface area (Å²) in [4.78, 5) is 4.64. The van der Waals surface area contributed by atoms with Crippen LogP contribution in [0.15, 0.2) is 0 Å². The van der Waals surface area contributed by atoms with Crippen molar-refractivity contribution < 1.29 is 12.8 Å². The van der Waals surface area contributed by atoms with Crippen molar-refractivity contribution in [3.8, 4) is 0 Å². The van der Waals surface area contributed by atoms with Crippen LogP contribution in [0.5, 0.6) is 0 Å². The third-order valence-electron chi connectivity index (χ3n) is 12.4. The first-order chi connectivity index (χ1) is 15.7. The second-order valence-electron chi connectivity index (χ2n) is 14.0. The quantitative estimate of drug-likeness (QED) is 0.150. The van der Waals surface area contributed by atoms with Gasteiger partial charge in [-0.3, -0.25) is 0 Å². The second kappa shape index (κ2) is 7.79. The summed E-state index contributed by atoms with van der Waals surface area (Å²) in [6, 6.07) is 0. The van der Waals surface area contributed by atoms with E-state index in [1.807, 2.05) is 0 Å². The molecule has 188 valence electrons. The molecule has 0 heterocycles. The Kier molecular flexibility index (Phi) is 5.73. The summed E-state index contributed by atoms with van der Waals surface area (Å²) in [5.41, 5.74) is 0. The number of halogens is 4. The predicted octanol–water partition coefficient (Wildman–Crippen LogP) is 10.8. The standard InChI is InChI=1S/4C7H10I.Fe/c4*8-7-3-1-6(5-7)2-4-7;/h4*3,6H,1-2,4-5H2;. The normalized spacial score (nSPS) is 65.3. The van der Waals surface area contributed by atoms with Gasteiger partial charge in [0.15, 0.2) is 0 Å². The van der Waals surface area contributed by atoms with Crippen molar-refractivity contribution >= 4 is 90.4 Å². The molecule has 0 amide bonds. The van der Waals surface area contributed by atoms with E-state index in [0.29, 0.717) is 13.7 Å². The molecule has 0 nitrogen and oxygen atoms in total. The zero-order chi connectivity index (χ0) is 22.4. The van der Waals surface area contributed by atoms with Gasteiger partial charge in [0.25, 0.3) is 0 Å². The molecule has 0 aromatic carbocycles. The van der Waals surface area contributed by atoms with Crippen LogP contribution in [0.2, 0.25) is 19.3 Å². The van der Waals surface area contributed by atoms with Crippen LogP contribution in [-0.2, 0) is 12.8 Å². The molecule has 12 unspecified atom stereocenters. The van der Waals surface area contributed by atoms with Crippen molar-refractivity contribution in [2.45, 2.75) is 136 Å². The van der Waals surface area contributed by atoms with Crippen molar-refractivity contribution in [3.63, 3.8) is 0 Å². The molecule has 8 aliphatic carbocycles. The van der Waals surface area contributed by atoms with E-state index in [-0.39, 0.29) is 0 Å². The first-order valence-corrected chi connectivity index (χ1v) is 21.0. The first kappa shape index (κ1) is 24.3. The Morgan fingerprint density at radius 3 is 0.818 bits per heavy atom. The maximum atomic E-state index is 3.15. The van der Waals surface area contributed by atoms with E-state index in [1.165, 1.54) is 0 Å². The number of hydrogen-bond donors (Lipinski definition) is 0. The van der Waals surface area contributed by atoms with Crippen LogP contribution in [0.1, 0.15) is 103 Å². The molecule has 0 aromatic rings. The van der Waals surface area contributed by atoms with Gasteiger partial charge in [0.2, 0.25) is 0 Å². The third kappa shape index (κ3) is 3.19. The van der Waals surface area contributed by atoms with Crippen molar-refractivity contribution in [2.24, 2.45) is 23.7 Å². The molecule has 8 rings (SSSR count). The summed E-state index contributed by atoms with van der Waals surface area (Å²) in [5, 5.41) is 0.